The van der Waals surface area contributed by atoms with E-state index >= 15 is 0 Å². The van der Waals surface area contributed by atoms with E-state index in [9.17, 15) is 4.79 Å². The van der Waals surface area contributed by atoms with E-state index in [0.29, 0.717) is 12.3 Å². The van der Waals surface area contributed by atoms with Gasteiger partial charge in [0.2, 0.25) is 0 Å². The zero-order valence-electron chi connectivity index (χ0n) is 14.7. The first-order chi connectivity index (χ1) is 11.6. The van der Waals surface area contributed by atoms with Crippen LogP contribution in [0, 0.1) is 5.92 Å². The highest BCUT2D eigenvalue weighted by molar-refractivity contribution is 5.96. The maximum absolute atomic E-state index is 12.7. The van der Waals surface area contributed by atoms with Crippen molar-refractivity contribution >= 4 is 12.0 Å². The molecule has 1 aromatic rings. The van der Waals surface area contributed by atoms with Gasteiger partial charge in [-0.05, 0) is 44.7 Å². The van der Waals surface area contributed by atoms with Crippen molar-refractivity contribution in [2.45, 2.75) is 58.5 Å². The highest BCUT2D eigenvalue weighted by atomic mass is 16.1. The minimum Gasteiger partial charge on any atom is -0.302 e. The molecule has 5 nitrogen and oxygen atoms in total. The molecule has 0 radical (unpaired) electrons. The van der Waals surface area contributed by atoms with E-state index in [2.05, 4.69) is 28.5 Å². The van der Waals surface area contributed by atoms with Crippen molar-refractivity contribution in [3.05, 3.63) is 28.2 Å². The second-order valence-corrected chi connectivity index (χ2v) is 7.51. The third-order valence-corrected chi connectivity index (χ3v) is 5.52. The van der Waals surface area contributed by atoms with Crippen LogP contribution < -0.4 is 0 Å². The molecule has 0 amide bonds. The summed E-state index contributed by atoms with van der Waals surface area (Å²) in [7, 11) is 2.12. The van der Waals surface area contributed by atoms with Crippen molar-refractivity contribution < 1.29 is 4.79 Å². The summed E-state index contributed by atoms with van der Waals surface area (Å²) in [6.07, 6.45) is 8.03. The molecule has 128 valence electrons. The average molecular weight is 326 g/mol. The Bertz CT molecular complexity index is 724. The van der Waals surface area contributed by atoms with E-state index in [1.807, 2.05) is 6.21 Å². The number of hydrogen-bond donors (Lipinski definition) is 0. The summed E-state index contributed by atoms with van der Waals surface area (Å²) in [5.41, 5.74) is 5.77. The molecular weight excluding hydrogens is 300 g/mol. The van der Waals surface area contributed by atoms with Crippen LogP contribution in [0.1, 0.15) is 60.8 Å². The summed E-state index contributed by atoms with van der Waals surface area (Å²) in [6, 6.07) is 0. The van der Waals surface area contributed by atoms with Gasteiger partial charge in [0.05, 0.1) is 0 Å². The van der Waals surface area contributed by atoms with E-state index < -0.39 is 0 Å². The molecule has 1 fully saturated rings. The van der Waals surface area contributed by atoms with Crippen molar-refractivity contribution in [3.63, 3.8) is 0 Å². The fourth-order valence-electron chi connectivity index (χ4n) is 3.77. The molecule has 3 heterocycles. The number of likely N-dealkylation sites (N-methyl/N-ethyl adjacent to an activating group) is 1. The molecule has 1 aromatic heterocycles. The maximum atomic E-state index is 12.7. The molecule has 3 aliphatic rings. The van der Waals surface area contributed by atoms with Gasteiger partial charge < -0.3 is 4.90 Å². The SMILES string of the molecule is CC1=C(CCn2nc(C(=O)CC3CC3)c3c2CCN(C)C3)CC=N1. The molecule has 2 aliphatic heterocycles. The predicted molar refractivity (Wildman–Crippen MR) is 94.4 cm³/mol. The Balaban J connectivity index is 1.57. The van der Waals surface area contributed by atoms with Crippen LogP contribution in [0.25, 0.3) is 0 Å². The molecule has 5 heteroatoms. The summed E-state index contributed by atoms with van der Waals surface area (Å²) < 4.78 is 2.11. The van der Waals surface area contributed by atoms with Crippen molar-refractivity contribution in [1.82, 2.24) is 14.7 Å². The molecule has 0 aromatic carbocycles. The monoisotopic (exact) mass is 326 g/mol. The van der Waals surface area contributed by atoms with Gasteiger partial charge in [0.25, 0.3) is 0 Å². The fourth-order valence-corrected chi connectivity index (χ4v) is 3.77. The number of ketones is 1. The van der Waals surface area contributed by atoms with E-state index in [1.165, 1.54) is 29.7 Å². The first kappa shape index (κ1) is 15.8. The zero-order chi connectivity index (χ0) is 16.7. The van der Waals surface area contributed by atoms with Crippen molar-refractivity contribution in [3.8, 4) is 0 Å². The number of rotatable bonds is 6. The molecule has 4 rings (SSSR count). The predicted octanol–water partition coefficient (Wildman–Crippen LogP) is 2.99. The largest absolute Gasteiger partial charge is 0.302 e. The average Bonchev–Trinajstić information content (AvgIpc) is 3.16. The molecule has 1 saturated carbocycles. The molecule has 0 atom stereocenters. The van der Waals surface area contributed by atoms with Crippen molar-refractivity contribution in [2.75, 3.05) is 13.6 Å². The molecule has 0 unspecified atom stereocenters. The van der Waals surface area contributed by atoms with E-state index in [0.717, 1.165) is 50.3 Å². The molecule has 0 saturated heterocycles. The Morgan fingerprint density at radius 3 is 2.92 bits per heavy atom. The van der Waals surface area contributed by atoms with Crippen molar-refractivity contribution in [2.24, 2.45) is 10.9 Å². The number of aromatic nitrogens is 2. The molecule has 24 heavy (non-hydrogen) atoms. The van der Waals surface area contributed by atoms with Gasteiger partial charge in [-0.2, -0.15) is 5.10 Å². The minimum atomic E-state index is 0.252. The number of fused-ring (bicyclic) bond motifs is 1. The minimum absolute atomic E-state index is 0.252. The standard InChI is InChI=1S/C19H26N4O/c1-13-15(5-8-20-13)6-10-23-17-7-9-22(2)12-16(17)19(21-23)18(24)11-14-3-4-14/h8,14H,3-7,9-12H2,1-2H3. The second kappa shape index (κ2) is 6.28. The lowest BCUT2D eigenvalue weighted by molar-refractivity contribution is 0.0968. The van der Waals surface area contributed by atoms with Gasteiger partial charge in [-0.1, -0.05) is 0 Å². The van der Waals surface area contributed by atoms with Crippen LogP contribution in [0.15, 0.2) is 16.3 Å². The highest BCUT2D eigenvalue weighted by Crippen LogP contribution is 2.34. The topological polar surface area (TPSA) is 50.5 Å². The van der Waals surface area contributed by atoms with Gasteiger partial charge in [0, 0.05) is 62.1 Å². The third kappa shape index (κ3) is 3.09. The van der Waals surface area contributed by atoms with Crippen molar-refractivity contribution in [1.29, 1.82) is 0 Å². The van der Waals surface area contributed by atoms with Crippen LogP contribution in [0.3, 0.4) is 0 Å². The number of Topliss-reactive ketones (excluding diaryl/α,β-unsaturated/α-hetero) is 1. The Hall–Kier alpha value is -1.75. The van der Waals surface area contributed by atoms with Gasteiger partial charge >= 0.3 is 0 Å². The summed E-state index contributed by atoms with van der Waals surface area (Å²) in [5, 5.41) is 4.77. The first-order valence-corrected chi connectivity index (χ1v) is 9.13. The normalized spacial score (nSPS) is 20.8. The lowest BCUT2D eigenvalue weighted by atomic mass is 10.0. The number of aryl methyl sites for hydroxylation is 1. The molecule has 1 aliphatic carbocycles. The van der Waals surface area contributed by atoms with Gasteiger partial charge in [0.15, 0.2) is 5.78 Å². The number of aliphatic imine (C=N–C) groups is 1. The van der Waals surface area contributed by atoms with E-state index in [-0.39, 0.29) is 5.78 Å². The molecule has 0 N–H and O–H groups in total. The maximum Gasteiger partial charge on any atom is 0.183 e. The number of allylic oxidation sites excluding steroid dienone is 2. The number of hydrogen-bond acceptors (Lipinski definition) is 4. The zero-order valence-corrected chi connectivity index (χ0v) is 14.7. The lowest BCUT2D eigenvalue weighted by Crippen LogP contribution is -2.28. The number of carbonyl (C=O) groups excluding carboxylic acids is 1. The second-order valence-electron chi connectivity index (χ2n) is 7.51. The van der Waals surface area contributed by atoms with Crippen LogP contribution in [-0.4, -0.2) is 40.3 Å². The molecule has 0 bridgehead atoms. The number of nitrogens with zero attached hydrogens (tertiary/aromatic N) is 4. The lowest BCUT2D eigenvalue weighted by Gasteiger charge is -2.23. The van der Waals surface area contributed by atoms with Crippen LogP contribution in [-0.2, 0) is 19.5 Å². The van der Waals surface area contributed by atoms with Crippen LogP contribution >= 0.6 is 0 Å². The van der Waals surface area contributed by atoms with Gasteiger partial charge in [-0.3, -0.25) is 14.5 Å². The third-order valence-electron chi connectivity index (χ3n) is 5.52. The molecule has 0 spiro atoms. The summed E-state index contributed by atoms with van der Waals surface area (Å²) in [4.78, 5) is 19.3. The van der Waals surface area contributed by atoms with Gasteiger partial charge in [0.1, 0.15) is 5.69 Å². The van der Waals surface area contributed by atoms with Crippen LogP contribution in [0.4, 0.5) is 0 Å². The van der Waals surface area contributed by atoms with Crippen LogP contribution in [0.5, 0.6) is 0 Å². The summed E-state index contributed by atoms with van der Waals surface area (Å²) >= 11 is 0. The Labute approximate surface area is 143 Å². The first-order valence-electron chi connectivity index (χ1n) is 9.13. The fraction of sp³-hybridized carbons (Fsp3) is 0.632. The Morgan fingerprint density at radius 2 is 2.21 bits per heavy atom. The van der Waals surface area contributed by atoms with E-state index in [1.54, 1.807) is 0 Å². The smallest absolute Gasteiger partial charge is 0.183 e. The Morgan fingerprint density at radius 1 is 1.38 bits per heavy atom. The highest BCUT2D eigenvalue weighted by Gasteiger charge is 2.31. The van der Waals surface area contributed by atoms with E-state index in [4.69, 9.17) is 5.10 Å². The van der Waals surface area contributed by atoms with Gasteiger partial charge in [-0.25, -0.2) is 0 Å². The number of carbonyl (C=O) groups is 1. The quantitative estimate of drug-likeness (QED) is 0.755. The molecular formula is C19H26N4O. The summed E-state index contributed by atoms with van der Waals surface area (Å²) in [5.74, 6) is 0.866. The van der Waals surface area contributed by atoms with Crippen LogP contribution in [0.2, 0.25) is 0 Å². The Kier molecular flexibility index (Phi) is 4.12. The van der Waals surface area contributed by atoms with Gasteiger partial charge in [-0.15, -0.1) is 0 Å². The summed E-state index contributed by atoms with van der Waals surface area (Å²) in [6.45, 7) is 4.83.